The van der Waals surface area contributed by atoms with Crippen molar-refractivity contribution in [2.24, 2.45) is 0 Å². The number of carbonyl (C=O) groups is 2. The van der Waals surface area contributed by atoms with Crippen LogP contribution in [0.2, 0.25) is 0 Å². The fourth-order valence-electron chi connectivity index (χ4n) is 2.53. The van der Waals surface area contributed by atoms with Gasteiger partial charge in [0.2, 0.25) is 11.8 Å². The zero-order valence-electron chi connectivity index (χ0n) is 14.9. The lowest BCUT2D eigenvalue weighted by atomic mass is 10.3. The van der Waals surface area contributed by atoms with E-state index in [4.69, 9.17) is 0 Å². The van der Waals surface area contributed by atoms with Gasteiger partial charge in [-0.05, 0) is 38.1 Å². The van der Waals surface area contributed by atoms with Crippen LogP contribution in [-0.4, -0.2) is 44.9 Å². The predicted octanol–water partition coefficient (Wildman–Crippen LogP) is 2.00. The molecule has 1 aliphatic carbocycles. The molecule has 0 saturated heterocycles. The quantitative estimate of drug-likeness (QED) is 0.636. The van der Waals surface area contributed by atoms with Gasteiger partial charge in [-0.15, -0.1) is 21.5 Å². The number of thioether (sulfide) groups is 1. The average molecular weight is 394 g/mol. The van der Waals surface area contributed by atoms with Gasteiger partial charge in [-0.25, -0.2) is 0 Å². The van der Waals surface area contributed by atoms with Crippen LogP contribution < -0.4 is 10.6 Å². The summed E-state index contributed by atoms with van der Waals surface area (Å²) in [5, 5.41) is 16.8. The van der Waals surface area contributed by atoms with Gasteiger partial charge >= 0.3 is 0 Å². The maximum absolute atomic E-state index is 12.0. The van der Waals surface area contributed by atoms with Gasteiger partial charge in [0, 0.05) is 23.4 Å². The lowest BCUT2D eigenvalue weighted by Crippen LogP contribution is -2.40. The molecule has 0 atom stereocenters. The highest BCUT2D eigenvalue weighted by Gasteiger charge is 2.30. The Morgan fingerprint density at radius 3 is 2.81 bits per heavy atom. The predicted molar refractivity (Wildman–Crippen MR) is 102 cm³/mol. The van der Waals surface area contributed by atoms with E-state index in [1.165, 1.54) is 16.6 Å². The number of nitrogens with zero attached hydrogens (tertiary/aromatic N) is 3. The first-order chi connectivity index (χ1) is 12.5. The van der Waals surface area contributed by atoms with Gasteiger partial charge in [0.25, 0.3) is 0 Å². The summed E-state index contributed by atoms with van der Waals surface area (Å²) in [4.78, 5) is 24.8. The first-order valence-electron chi connectivity index (χ1n) is 8.68. The number of rotatable bonds is 9. The molecular formula is C17H23N5O2S2. The van der Waals surface area contributed by atoms with Gasteiger partial charge in [-0.1, -0.05) is 17.8 Å². The minimum absolute atomic E-state index is 0.00346. The molecular weight excluding hydrogens is 370 g/mol. The van der Waals surface area contributed by atoms with Crippen LogP contribution in [0.3, 0.4) is 0 Å². The maximum atomic E-state index is 12.0. The van der Waals surface area contributed by atoms with Crippen molar-refractivity contribution in [1.29, 1.82) is 0 Å². The van der Waals surface area contributed by atoms with Crippen LogP contribution in [0.1, 0.15) is 43.4 Å². The van der Waals surface area contributed by atoms with Crippen LogP contribution in [0.25, 0.3) is 0 Å². The van der Waals surface area contributed by atoms with Gasteiger partial charge in [-0.2, -0.15) is 0 Å². The van der Waals surface area contributed by atoms with Gasteiger partial charge in [-0.3, -0.25) is 9.59 Å². The highest BCUT2D eigenvalue weighted by atomic mass is 32.2. The Bertz CT molecular complexity index is 753. The molecule has 2 amide bonds. The topological polar surface area (TPSA) is 88.9 Å². The molecule has 0 aromatic carbocycles. The zero-order valence-corrected chi connectivity index (χ0v) is 16.5. The molecule has 3 rings (SSSR count). The van der Waals surface area contributed by atoms with Crippen LogP contribution >= 0.6 is 23.1 Å². The molecule has 1 saturated carbocycles. The first-order valence-corrected chi connectivity index (χ1v) is 10.5. The Morgan fingerprint density at radius 1 is 1.35 bits per heavy atom. The third-order valence-corrected chi connectivity index (χ3v) is 5.61. The van der Waals surface area contributed by atoms with Crippen LogP contribution in [0, 0.1) is 0 Å². The Kier molecular flexibility index (Phi) is 6.31. The van der Waals surface area contributed by atoms with Gasteiger partial charge in [0.1, 0.15) is 5.82 Å². The molecule has 2 heterocycles. The Labute approximate surface area is 161 Å². The minimum atomic E-state index is -0.183. The smallest absolute Gasteiger partial charge is 0.239 e. The van der Waals surface area contributed by atoms with E-state index in [-0.39, 0.29) is 30.2 Å². The van der Waals surface area contributed by atoms with E-state index in [0.717, 1.165) is 30.2 Å². The molecule has 2 aromatic rings. The number of nitrogens with one attached hydrogen (secondary N) is 2. The standard InChI is InChI=1S/C17H23N5O2S2/c1-11(2)19-15(23)9-18-16(24)10-26-17-21-20-14(22(17)12-5-6-12)8-13-4-3-7-25-13/h3-4,7,11-12H,5-6,8-10H2,1-2H3,(H,18,24)(H,19,23). The van der Waals surface area contributed by atoms with Gasteiger partial charge < -0.3 is 15.2 Å². The zero-order chi connectivity index (χ0) is 18.5. The van der Waals surface area contributed by atoms with E-state index in [1.807, 2.05) is 19.9 Å². The summed E-state index contributed by atoms with van der Waals surface area (Å²) in [7, 11) is 0. The van der Waals surface area contributed by atoms with Crippen molar-refractivity contribution in [3.05, 3.63) is 28.2 Å². The normalized spacial score (nSPS) is 13.8. The molecule has 2 aromatic heterocycles. The van der Waals surface area contributed by atoms with Crippen molar-refractivity contribution in [3.8, 4) is 0 Å². The lowest BCUT2D eigenvalue weighted by Gasteiger charge is -2.10. The molecule has 2 N–H and O–H groups in total. The molecule has 0 spiro atoms. The Morgan fingerprint density at radius 2 is 2.15 bits per heavy atom. The molecule has 7 nitrogen and oxygen atoms in total. The van der Waals surface area contributed by atoms with Crippen molar-refractivity contribution in [3.63, 3.8) is 0 Å². The second kappa shape index (κ2) is 8.68. The largest absolute Gasteiger partial charge is 0.352 e. The number of thiophene rings is 1. The molecule has 0 radical (unpaired) electrons. The van der Waals surface area contributed by atoms with E-state index in [0.29, 0.717) is 6.04 Å². The summed E-state index contributed by atoms with van der Waals surface area (Å²) in [6.07, 6.45) is 3.03. The fraction of sp³-hybridized carbons (Fsp3) is 0.529. The van der Waals surface area contributed by atoms with Crippen molar-refractivity contribution in [1.82, 2.24) is 25.4 Å². The highest BCUT2D eigenvalue weighted by molar-refractivity contribution is 7.99. The van der Waals surface area contributed by atoms with Gasteiger partial charge in [0.15, 0.2) is 5.16 Å². The van der Waals surface area contributed by atoms with Crippen molar-refractivity contribution in [2.45, 2.75) is 50.4 Å². The molecule has 26 heavy (non-hydrogen) atoms. The molecule has 9 heteroatoms. The molecule has 0 bridgehead atoms. The summed E-state index contributed by atoms with van der Waals surface area (Å²) in [5.74, 6) is 0.810. The van der Waals surface area contributed by atoms with E-state index in [9.17, 15) is 9.59 Å². The van der Waals surface area contributed by atoms with Crippen LogP contribution in [0.15, 0.2) is 22.7 Å². The molecule has 140 valence electrons. The molecule has 1 aliphatic rings. The monoisotopic (exact) mass is 393 g/mol. The van der Waals surface area contributed by atoms with E-state index in [2.05, 4.69) is 36.8 Å². The molecule has 1 fully saturated rings. The van der Waals surface area contributed by atoms with E-state index >= 15 is 0 Å². The van der Waals surface area contributed by atoms with E-state index < -0.39 is 0 Å². The number of hydrogen-bond acceptors (Lipinski definition) is 6. The summed E-state index contributed by atoms with van der Waals surface area (Å²) < 4.78 is 2.17. The summed E-state index contributed by atoms with van der Waals surface area (Å²) in [6.45, 7) is 3.76. The van der Waals surface area contributed by atoms with Gasteiger partial charge in [0.05, 0.1) is 12.3 Å². The third kappa shape index (κ3) is 5.31. The summed E-state index contributed by atoms with van der Waals surface area (Å²) in [5.41, 5.74) is 0. The Hall–Kier alpha value is -1.87. The second-order valence-corrected chi connectivity index (χ2v) is 8.52. The third-order valence-electron chi connectivity index (χ3n) is 3.79. The number of aromatic nitrogens is 3. The SMILES string of the molecule is CC(C)NC(=O)CNC(=O)CSc1nnc(Cc2cccs2)n1C1CC1. The van der Waals surface area contributed by atoms with Crippen LogP contribution in [0.4, 0.5) is 0 Å². The maximum Gasteiger partial charge on any atom is 0.239 e. The minimum Gasteiger partial charge on any atom is -0.352 e. The van der Waals surface area contributed by atoms with Crippen molar-refractivity contribution in [2.75, 3.05) is 12.3 Å². The number of amides is 2. The highest BCUT2D eigenvalue weighted by Crippen LogP contribution is 2.39. The van der Waals surface area contributed by atoms with E-state index in [1.54, 1.807) is 11.3 Å². The number of carbonyl (C=O) groups excluding carboxylic acids is 2. The number of hydrogen-bond donors (Lipinski definition) is 2. The molecule has 0 unspecified atom stereocenters. The van der Waals surface area contributed by atoms with Crippen LogP contribution in [0.5, 0.6) is 0 Å². The Balaban J connectivity index is 1.54. The van der Waals surface area contributed by atoms with Crippen LogP contribution in [-0.2, 0) is 16.0 Å². The first kappa shape index (κ1) is 18.9. The average Bonchev–Trinajstić information content (AvgIpc) is 3.14. The fourth-order valence-corrected chi connectivity index (χ4v) is 4.08. The summed E-state index contributed by atoms with van der Waals surface area (Å²) in [6, 6.07) is 4.64. The van der Waals surface area contributed by atoms with Crippen molar-refractivity contribution >= 4 is 34.9 Å². The second-order valence-electron chi connectivity index (χ2n) is 6.54. The molecule has 0 aliphatic heterocycles. The summed E-state index contributed by atoms with van der Waals surface area (Å²) >= 11 is 3.08. The van der Waals surface area contributed by atoms with Crippen molar-refractivity contribution < 1.29 is 9.59 Å². The lowest BCUT2D eigenvalue weighted by molar-refractivity contribution is -0.125.